The number of benzene rings is 2. The maximum atomic E-state index is 11.0. The minimum Gasteiger partial charge on any atom is -0.748 e. The quantitative estimate of drug-likeness (QED) is 0.402. The molecule has 1 aromatic heterocycles. The first kappa shape index (κ1) is 25.6. The summed E-state index contributed by atoms with van der Waals surface area (Å²) in [7, 11) is 2.33. The van der Waals surface area contributed by atoms with Crippen molar-refractivity contribution in [2.75, 3.05) is 30.5 Å². The number of carbonyl (C=O) groups is 1. The van der Waals surface area contributed by atoms with Crippen LogP contribution in [0.1, 0.15) is 18.3 Å². The van der Waals surface area contributed by atoms with Crippen molar-refractivity contribution in [2.24, 2.45) is 14.1 Å². The van der Waals surface area contributed by atoms with E-state index >= 15 is 0 Å². The van der Waals surface area contributed by atoms with Crippen LogP contribution >= 0.6 is 11.8 Å². The Morgan fingerprint density at radius 3 is 2.31 bits per heavy atom. The highest BCUT2D eigenvalue weighted by molar-refractivity contribution is 8.13. The van der Waals surface area contributed by atoms with E-state index in [0.717, 1.165) is 29.4 Å². The molecule has 0 bridgehead atoms. The van der Waals surface area contributed by atoms with E-state index in [1.807, 2.05) is 0 Å². The molecule has 0 spiro atoms. The first-order valence-electron chi connectivity index (χ1n) is 9.94. The minimum atomic E-state index is -3.92. The number of aryl methyl sites for hydroxylation is 2. The molecule has 7 nitrogen and oxygen atoms in total. The molecule has 32 heavy (non-hydrogen) atoms. The van der Waals surface area contributed by atoms with Crippen LogP contribution < -0.4 is 9.47 Å². The fraction of sp³-hybridized carbons (Fsp3) is 0.304. The van der Waals surface area contributed by atoms with Crippen LogP contribution in [0.15, 0.2) is 48.5 Å². The Bertz CT molecular complexity index is 1150. The van der Waals surface area contributed by atoms with Crippen molar-refractivity contribution in [1.82, 2.24) is 4.57 Å². The Morgan fingerprint density at radius 1 is 1.16 bits per heavy atom. The van der Waals surface area contributed by atoms with Gasteiger partial charge in [-0.25, -0.2) is 17.6 Å². The number of thioether (sulfide) groups is 1. The first-order valence-corrected chi connectivity index (χ1v) is 12.7. The van der Waals surface area contributed by atoms with E-state index in [1.165, 1.54) is 22.8 Å². The molecule has 0 saturated heterocycles. The lowest BCUT2D eigenvalue weighted by molar-refractivity contribution is -0.647. The monoisotopic (exact) mass is 475 g/mol. The van der Waals surface area contributed by atoms with Gasteiger partial charge < -0.3 is 9.45 Å². The SMILES string of the molecule is CC(=O)SCCN(C)c1ccc(/C=C/c2n(C)c3ccccc3[n+]2C)cc1.CS(=O)(=O)[O-]. The number of anilines is 1. The number of imidazole rings is 1. The Kier molecular flexibility index (Phi) is 9.06. The number of fused-ring (bicyclic) bond motifs is 1. The van der Waals surface area contributed by atoms with Gasteiger partial charge in [-0.3, -0.25) is 4.79 Å². The van der Waals surface area contributed by atoms with Gasteiger partial charge in [-0.1, -0.05) is 36.0 Å². The molecule has 0 aliphatic heterocycles. The minimum absolute atomic E-state index is 0.172. The molecule has 0 fully saturated rings. The van der Waals surface area contributed by atoms with Gasteiger partial charge in [-0.2, -0.15) is 0 Å². The summed E-state index contributed by atoms with van der Waals surface area (Å²) in [5, 5.41) is 0.172. The van der Waals surface area contributed by atoms with Crippen molar-refractivity contribution in [1.29, 1.82) is 0 Å². The standard InChI is InChI=1S/C22H26N3OS.CH4O3S/c1-17(26)27-16-15-23(2)19-12-9-18(10-13-19)11-14-22-24(3)20-7-5-6-8-21(20)25(22)4;1-5(2,3)4/h5-14H,15-16H2,1-4H3;1H3,(H,2,3,4)/q+1;/p-1. The average Bonchev–Trinajstić information content (AvgIpc) is 2.96. The molecule has 0 aliphatic rings. The largest absolute Gasteiger partial charge is 0.748 e. The summed E-state index contributed by atoms with van der Waals surface area (Å²) in [5.74, 6) is 1.96. The van der Waals surface area contributed by atoms with Gasteiger partial charge in [-0.15, -0.1) is 0 Å². The Balaban J connectivity index is 0.000000654. The molecule has 0 unspecified atom stereocenters. The van der Waals surface area contributed by atoms with Crippen LogP contribution in [-0.2, 0) is 29.0 Å². The van der Waals surface area contributed by atoms with Crippen molar-refractivity contribution in [3.8, 4) is 0 Å². The number of hydrogen-bond acceptors (Lipinski definition) is 6. The molecule has 0 saturated carbocycles. The third-order valence-corrected chi connectivity index (χ3v) is 5.58. The van der Waals surface area contributed by atoms with Crippen molar-refractivity contribution >= 4 is 55.9 Å². The van der Waals surface area contributed by atoms with E-state index in [4.69, 9.17) is 13.0 Å². The maximum absolute atomic E-state index is 11.0. The van der Waals surface area contributed by atoms with Gasteiger partial charge in [0.15, 0.2) is 16.1 Å². The number of para-hydroxylation sites is 2. The molecule has 0 amide bonds. The van der Waals surface area contributed by atoms with Gasteiger partial charge in [0.2, 0.25) is 0 Å². The number of aromatic nitrogens is 2. The van der Waals surface area contributed by atoms with Crippen molar-refractivity contribution in [2.45, 2.75) is 6.92 Å². The van der Waals surface area contributed by atoms with Crippen molar-refractivity contribution in [3.63, 3.8) is 0 Å². The summed E-state index contributed by atoms with van der Waals surface area (Å²) in [6.07, 6.45) is 4.90. The highest BCUT2D eigenvalue weighted by Crippen LogP contribution is 2.17. The van der Waals surface area contributed by atoms with Crippen LogP contribution in [0, 0.1) is 0 Å². The normalized spacial score (nSPS) is 11.4. The summed E-state index contributed by atoms with van der Waals surface area (Å²) >= 11 is 1.37. The molecule has 3 rings (SSSR count). The van der Waals surface area contributed by atoms with Crippen molar-refractivity contribution in [3.05, 3.63) is 59.9 Å². The lowest BCUT2D eigenvalue weighted by Gasteiger charge is -2.18. The van der Waals surface area contributed by atoms with Gasteiger partial charge in [0, 0.05) is 44.3 Å². The number of rotatable bonds is 6. The predicted molar refractivity (Wildman–Crippen MR) is 131 cm³/mol. The molecule has 0 N–H and O–H groups in total. The Morgan fingerprint density at radius 2 is 1.75 bits per heavy atom. The summed E-state index contributed by atoms with van der Waals surface area (Å²) < 4.78 is 31.6. The van der Waals surface area contributed by atoms with Crippen LogP contribution in [0.2, 0.25) is 0 Å². The summed E-state index contributed by atoms with van der Waals surface area (Å²) in [6, 6.07) is 16.9. The Hall–Kier alpha value is -2.62. The van der Waals surface area contributed by atoms with E-state index < -0.39 is 10.1 Å². The van der Waals surface area contributed by atoms with Gasteiger partial charge in [-0.05, 0) is 35.9 Å². The van der Waals surface area contributed by atoms with Gasteiger partial charge in [0.05, 0.1) is 24.2 Å². The van der Waals surface area contributed by atoms with Crippen LogP contribution in [0.5, 0.6) is 0 Å². The summed E-state index contributed by atoms with van der Waals surface area (Å²) in [6.45, 7) is 2.47. The third-order valence-electron chi connectivity index (χ3n) is 4.78. The smallest absolute Gasteiger partial charge is 0.281 e. The summed E-state index contributed by atoms with van der Waals surface area (Å²) in [4.78, 5) is 13.2. The fourth-order valence-electron chi connectivity index (χ4n) is 3.19. The zero-order chi connectivity index (χ0) is 23.9. The predicted octanol–water partition coefficient (Wildman–Crippen LogP) is 3.05. The van der Waals surface area contributed by atoms with Crippen molar-refractivity contribution < 1.29 is 22.3 Å². The number of carbonyl (C=O) groups excluding carboxylic acids is 1. The van der Waals surface area contributed by atoms with E-state index in [1.54, 1.807) is 6.92 Å². The van der Waals surface area contributed by atoms with Crippen LogP contribution in [0.4, 0.5) is 5.69 Å². The average molecular weight is 476 g/mol. The van der Waals surface area contributed by atoms with Crippen LogP contribution in [0.3, 0.4) is 0 Å². The zero-order valence-corrected chi connectivity index (χ0v) is 20.6. The molecule has 3 aromatic rings. The van der Waals surface area contributed by atoms with E-state index in [-0.39, 0.29) is 5.12 Å². The fourth-order valence-corrected chi connectivity index (χ4v) is 3.85. The molecule has 2 aromatic carbocycles. The maximum Gasteiger partial charge on any atom is 0.281 e. The third kappa shape index (κ3) is 7.81. The van der Waals surface area contributed by atoms with Crippen LogP contribution in [-0.4, -0.2) is 48.3 Å². The highest BCUT2D eigenvalue weighted by Gasteiger charge is 2.16. The molecule has 0 radical (unpaired) electrons. The van der Waals surface area contributed by atoms with Crippen LogP contribution in [0.25, 0.3) is 23.2 Å². The second-order valence-electron chi connectivity index (χ2n) is 7.36. The van der Waals surface area contributed by atoms with E-state index in [9.17, 15) is 4.79 Å². The van der Waals surface area contributed by atoms with Gasteiger partial charge in [0.25, 0.3) is 5.82 Å². The molecule has 0 aliphatic carbocycles. The number of nitrogens with zero attached hydrogens (tertiary/aromatic N) is 3. The topological polar surface area (TPSA) is 86.3 Å². The molecular formula is C23H29N3O4S2. The molecule has 1 heterocycles. The zero-order valence-electron chi connectivity index (χ0n) is 19.0. The second-order valence-corrected chi connectivity index (χ2v) is 10.0. The molecular weight excluding hydrogens is 446 g/mol. The second kappa shape index (κ2) is 11.3. The first-order chi connectivity index (χ1) is 15.0. The van der Waals surface area contributed by atoms with Gasteiger partial charge in [0.1, 0.15) is 0 Å². The summed E-state index contributed by atoms with van der Waals surface area (Å²) in [5.41, 5.74) is 4.77. The Labute approximate surface area is 194 Å². The molecule has 9 heteroatoms. The molecule has 172 valence electrons. The molecule has 0 atom stereocenters. The lowest BCUT2D eigenvalue weighted by Crippen LogP contribution is -2.30. The van der Waals surface area contributed by atoms with E-state index in [0.29, 0.717) is 6.26 Å². The highest BCUT2D eigenvalue weighted by atomic mass is 32.2. The lowest BCUT2D eigenvalue weighted by atomic mass is 10.2. The van der Waals surface area contributed by atoms with Gasteiger partial charge >= 0.3 is 0 Å². The number of hydrogen-bond donors (Lipinski definition) is 0. The van der Waals surface area contributed by atoms with E-state index in [2.05, 4.69) is 95.9 Å².